The van der Waals surface area contributed by atoms with Crippen LogP contribution in [0, 0.1) is 12.8 Å². The molecule has 3 aliphatic rings. The Kier molecular flexibility index (Phi) is 6.21. The highest BCUT2D eigenvalue weighted by atomic mass is 16.5. The van der Waals surface area contributed by atoms with Crippen LogP contribution in [0.1, 0.15) is 48.3 Å². The number of aryl methyl sites for hydroxylation is 1. The Balaban J connectivity index is 1.15. The van der Waals surface area contributed by atoms with Gasteiger partial charge >= 0.3 is 0 Å². The molecule has 1 N–H and O–H groups in total. The molecular formula is C25H36N4O. The first-order chi connectivity index (χ1) is 14.7. The number of aromatic nitrogens is 2. The Morgan fingerprint density at radius 1 is 1.10 bits per heavy atom. The maximum Gasteiger partial charge on any atom is 0.103 e. The molecule has 162 valence electrons. The molecule has 5 nitrogen and oxygen atoms in total. The van der Waals surface area contributed by atoms with E-state index in [0.29, 0.717) is 6.10 Å². The Labute approximate surface area is 180 Å². The maximum absolute atomic E-state index is 5.96. The number of hydrogen-bond donors (Lipinski definition) is 1. The van der Waals surface area contributed by atoms with Crippen LogP contribution < -0.4 is 0 Å². The summed E-state index contributed by atoms with van der Waals surface area (Å²) in [5.74, 6) is 1.79. The van der Waals surface area contributed by atoms with Gasteiger partial charge in [-0.05, 0) is 75.6 Å². The largest absolute Gasteiger partial charge is 0.377 e. The molecule has 0 spiro atoms. The number of likely N-dealkylation sites (tertiary alicyclic amines) is 1. The number of fused-ring (bicyclic) bond motifs is 1. The molecule has 1 atom stereocenters. The first-order valence-electron chi connectivity index (χ1n) is 11.9. The van der Waals surface area contributed by atoms with E-state index in [1.165, 1.54) is 63.9 Å². The van der Waals surface area contributed by atoms with Crippen molar-refractivity contribution in [2.75, 3.05) is 32.8 Å². The van der Waals surface area contributed by atoms with Crippen LogP contribution in [0.4, 0.5) is 0 Å². The van der Waals surface area contributed by atoms with E-state index >= 15 is 0 Å². The third kappa shape index (κ3) is 4.79. The van der Waals surface area contributed by atoms with E-state index in [4.69, 9.17) is 4.74 Å². The van der Waals surface area contributed by atoms with E-state index in [-0.39, 0.29) is 0 Å². The quantitative estimate of drug-likeness (QED) is 0.761. The summed E-state index contributed by atoms with van der Waals surface area (Å²) in [5, 5.41) is 0. The Morgan fingerprint density at radius 3 is 2.50 bits per heavy atom. The molecule has 1 aromatic heterocycles. The molecule has 2 aliphatic heterocycles. The highest BCUT2D eigenvalue weighted by Crippen LogP contribution is 2.29. The van der Waals surface area contributed by atoms with Crippen LogP contribution >= 0.6 is 0 Å². The molecule has 2 saturated heterocycles. The molecular weight excluding hydrogens is 372 g/mol. The molecule has 3 heterocycles. The van der Waals surface area contributed by atoms with Gasteiger partial charge in [0.15, 0.2) is 0 Å². The summed E-state index contributed by atoms with van der Waals surface area (Å²) in [6, 6.07) is 9.75. The van der Waals surface area contributed by atoms with Gasteiger partial charge in [0.1, 0.15) is 5.82 Å². The van der Waals surface area contributed by atoms with E-state index < -0.39 is 0 Å². The number of rotatable bonds is 7. The van der Waals surface area contributed by atoms with Gasteiger partial charge in [0.25, 0.3) is 0 Å². The topological polar surface area (TPSA) is 44.4 Å². The van der Waals surface area contributed by atoms with Crippen molar-refractivity contribution >= 4 is 0 Å². The second kappa shape index (κ2) is 9.21. The van der Waals surface area contributed by atoms with Crippen LogP contribution in [0.15, 0.2) is 30.5 Å². The van der Waals surface area contributed by atoms with Gasteiger partial charge in [0.05, 0.1) is 6.10 Å². The molecule has 30 heavy (non-hydrogen) atoms. The number of imidazole rings is 1. The summed E-state index contributed by atoms with van der Waals surface area (Å²) in [6.45, 7) is 8.65. The fourth-order valence-corrected chi connectivity index (χ4v) is 5.73. The number of aromatic amines is 1. The first kappa shape index (κ1) is 20.2. The van der Waals surface area contributed by atoms with Crippen LogP contribution in [-0.4, -0.2) is 64.7 Å². The highest BCUT2D eigenvalue weighted by Gasteiger charge is 2.31. The number of hydrogen-bond acceptors (Lipinski definition) is 4. The van der Waals surface area contributed by atoms with Crippen LogP contribution in [0.2, 0.25) is 0 Å². The third-order valence-electron chi connectivity index (χ3n) is 7.35. The van der Waals surface area contributed by atoms with Crippen LogP contribution in [0.3, 0.4) is 0 Å². The molecule has 0 bridgehead atoms. The van der Waals surface area contributed by atoms with Crippen molar-refractivity contribution in [3.05, 3.63) is 53.1 Å². The molecule has 1 aliphatic carbocycles. The van der Waals surface area contributed by atoms with Crippen LogP contribution in [0.25, 0.3) is 0 Å². The Hall–Kier alpha value is -1.69. The van der Waals surface area contributed by atoms with E-state index in [1.807, 2.05) is 13.1 Å². The lowest BCUT2D eigenvalue weighted by atomic mass is 9.94. The maximum atomic E-state index is 5.96. The number of ether oxygens (including phenoxy) is 1. The smallest absolute Gasteiger partial charge is 0.103 e. The molecule has 1 aromatic carbocycles. The van der Waals surface area contributed by atoms with Crippen molar-refractivity contribution < 1.29 is 4.74 Å². The number of benzene rings is 1. The predicted octanol–water partition coefficient (Wildman–Crippen LogP) is 3.58. The lowest BCUT2D eigenvalue weighted by molar-refractivity contribution is 0.0537. The standard InChI is InChI=1S/C25H36N4O/c1-19-26-15-23(27-19)17-28(18-25-7-4-12-30-25)16-20-8-10-29(11-9-20)24-13-21-5-2-3-6-22(21)14-24/h2-3,5-6,15,20,24-25H,4,7-14,16-18H2,1H3,(H,26,27)/t25-/m1/s1. The minimum atomic E-state index is 0.408. The number of nitrogens with one attached hydrogen (secondary N) is 1. The zero-order valence-corrected chi connectivity index (χ0v) is 18.4. The fraction of sp³-hybridized carbons (Fsp3) is 0.640. The molecule has 2 aromatic rings. The van der Waals surface area contributed by atoms with Gasteiger partial charge in [-0.1, -0.05) is 24.3 Å². The van der Waals surface area contributed by atoms with Crippen molar-refractivity contribution in [2.45, 2.75) is 64.1 Å². The van der Waals surface area contributed by atoms with Crippen molar-refractivity contribution in [1.82, 2.24) is 19.8 Å². The predicted molar refractivity (Wildman–Crippen MR) is 120 cm³/mol. The minimum Gasteiger partial charge on any atom is -0.377 e. The van der Waals surface area contributed by atoms with Gasteiger partial charge in [0.2, 0.25) is 0 Å². The summed E-state index contributed by atoms with van der Waals surface area (Å²) in [5.41, 5.74) is 4.37. The summed E-state index contributed by atoms with van der Waals surface area (Å²) < 4.78 is 5.96. The monoisotopic (exact) mass is 408 g/mol. The summed E-state index contributed by atoms with van der Waals surface area (Å²) in [7, 11) is 0. The molecule has 0 radical (unpaired) electrons. The van der Waals surface area contributed by atoms with Gasteiger partial charge < -0.3 is 9.72 Å². The number of nitrogens with zero attached hydrogens (tertiary/aromatic N) is 3. The molecule has 5 rings (SSSR count). The van der Waals surface area contributed by atoms with E-state index in [0.717, 1.165) is 37.5 Å². The highest BCUT2D eigenvalue weighted by molar-refractivity contribution is 5.33. The lowest BCUT2D eigenvalue weighted by Gasteiger charge is -2.38. The van der Waals surface area contributed by atoms with E-state index in [1.54, 1.807) is 11.1 Å². The van der Waals surface area contributed by atoms with Crippen molar-refractivity contribution in [3.63, 3.8) is 0 Å². The molecule has 0 amide bonds. The van der Waals surface area contributed by atoms with Crippen molar-refractivity contribution in [2.24, 2.45) is 5.92 Å². The Bertz CT molecular complexity index is 795. The zero-order valence-electron chi connectivity index (χ0n) is 18.4. The normalized spacial score (nSPS) is 23.5. The fourth-order valence-electron chi connectivity index (χ4n) is 5.73. The SMILES string of the molecule is Cc1ncc(CN(CC2CCN(C3Cc4ccccc4C3)CC2)C[C@H]2CCCO2)[nH]1. The zero-order chi connectivity index (χ0) is 20.3. The third-order valence-corrected chi connectivity index (χ3v) is 7.35. The van der Waals surface area contributed by atoms with E-state index in [9.17, 15) is 0 Å². The second-order valence-electron chi connectivity index (χ2n) is 9.63. The van der Waals surface area contributed by atoms with Gasteiger partial charge in [-0.15, -0.1) is 0 Å². The first-order valence-corrected chi connectivity index (χ1v) is 11.9. The summed E-state index contributed by atoms with van der Waals surface area (Å²) in [6.07, 6.45) is 9.94. The van der Waals surface area contributed by atoms with Gasteiger partial charge in [-0.2, -0.15) is 0 Å². The van der Waals surface area contributed by atoms with Crippen LogP contribution in [0.5, 0.6) is 0 Å². The molecule has 0 saturated carbocycles. The van der Waals surface area contributed by atoms with Crippen LogP contribution in [-0.2, 0) is 24.1 Å². The van der Waals surface area contributed by atoms with Gasteiger partial charge in [-0.3, -0.25) is 9.80 Å². The molecule has 5 heteroatoms. The Morgan fingerprint density at radius 2 is 1.87 bits per heavy atom. The van der Waals surface area contributed by atoms with Crippen molar-refractivity contribution in [3.8, 4) is 0 Å². The average molecular weight is 409 g/mol. The summed E-state index contributed by atoms with van der Waals surface area (Å²) >= 11 is 0. The molecule has 2 fully saturated rings. The van der Waals surface area contributed by atoms with Crippen molar-refractivity contribution in [1.29, 1.82) is 0 Å². The average Bonchev–Trinajstić information content (AvgIpc) is 3.50. The van der Waals surface area contributed by atoms with E-state index in [2.05, 4.69) is 44.0 Å². The minimum absolute atomic E-state index is 0.408. The number of piperidine rings is 1. The second-order valence-corrected chi connectivity index (χ2v) is 9.63. The van der Waals surface area contributed by atoms with Gasteiger partial charge in [0, 0.05) is 44.2 Å². The van der Waals surface area contributed by atoms with Gasteiger partial charge in [-0.25, -0.2) is 4.98 Å². The lowest BCUT2D eigenvalue weighted by Crippen LogP contribution is -2.44. The number of H-pyrrole nitrogens is 1. The molecule has 0 unspecified atom stereocenters. The summed E-state index contributed by atoms with van der Waals surface area (Å²) in [4.78, 5) is 13.2.